The molecule has 31 heavy (non-hydrogen) atoms. The van der Waals surface area contributed by atoms with Gasteiger partial charge in [-0.1, -0.05) is 12.1 Å². The first-order valence-electron chi connectivity index (χ1n) is 10.5. The van der Waals surface area contributed by atoms with Gasteiger partial charge < -0.3 is 25.2 Å². The predicted octanol–water partition coefficient (Wildman–Crippen LogP) is 2.08. The van der Waals surface area contributed by atoms with Gasteiger partial charge in [-0.05, 0) is 37.3 Å². The van der Waals surface area contributed by atoms with Crippen LogP contribution >= 0.6 is 11.8 Å². The van der Waals surface area contributed by atoms with E-state index in [9.17, 15) is 14.4 Å². The van der Waals surface area contributed by atoms with Crippen LogP contribution in [-0.4, -0.2) is 77.8 Å². The van der Waals surface area contributed by atoms with Crippen LogP contribution in [0.4, 0.5) is 10.5 Å². The predicted molar refractivity (Wildman–Crippen MR) is 119 cm³/mol. The molecule has 0 aromatic heterocycles. The van der Waals surface area contributed by atoms with Crippen molar-refractivity contribution < 1.29 is 19.1 Å². The van der Waals surface area contributed by atoms with Crippen LogP contribution in [0.5, 0.6) is 0 Å². The number of hydrogen-bond acceptors (Lipinski definition) is 5. The van der Waals surface area contributed by atoms with Crippen molar-refractivity contribution in [3.05, 3.63) is 36.9 Å². The minimum Gasteiger partial charge on any atom is -0.372 e. The van der Waals surface area contributed by atoms with E-state index in [0.717, 1.165) is 10.6 Å². The third kappa shape index (κ3) is 4.57. The standard InChI is InChI=1S/C22H28N4O4S/c1-3-9-30-16-12-19-20(27)25-8-7-15(11-18(25)21(28)26(19)13-16)24-22(29)23-14-5-4-6-17(10-14)31-2/h3-6,10,15-16,18-19H,1,7-9,11-13H2,2H3,(H2,23,24,29). The van der Waals surface area contributed by atoms with Crippen LogP contribution in [0.1, 0.15) is 19.3 Å². The molecular formula is C22H28N4O4S. The summed E-state index contributed by atoms with van der Waals surface area (Å²) in [6.07, 6.45) is 5.08. The molecule has 9 heteroatoms. The van der Waals surface area contributed by atoms with Crippen LogP contribution < -0.4 is 10.6 Å². The van der Waals surface area contributed by atoms with E-state index in [1.54, 1.807) is 27.6 Å². The molecule has 3 fully saturated rings. The second kappa shape index (κ2) is 9.32. The highest BCUT2D eigenvalue weighted by molar-refractivity contribution is 7.98. The summed E-state index contributed by atoms with van der Waals surface area (Å²) in [5, 5.41) is 5.82. The van der Waals surface area contributed by atoms with E-state index >= 15 is 0 Å². The Labute approximate surface area is 186 Å². The molecule has 166 valence electrons. The van der Waals surface area contributed by atoms with Gasteiger partial charge in [-0.2, -0.15) is 0 Å². The fourth-order valence-corrected chi connectivity index (χ4v) is 5.09. The molecule has 1 aromatic rings. The zero-order valence-corrected chi connectivity index (χ0v) is 18.4. The minimum atomic E-state index is -0.527. The number of hydrogen-bond donors (Lipinski definition) is 2. The highest BCUT2D eigenvalue weighted by Gasteiger charge is 2.52. The summed E-state index contributed by atoms with van der Waals surface area (Å²) < 4.78 is 5.69. The number of nitrogens with one attached hydrogen (secondary N) is 2. The van der Waals surface area contributed by atoms with Gasteiger partial charge in [0.05, 0.1) is 12.7 Å². The van der Waals surface area contributed by atoms with Gasteiger partial charge in [-0.25, -0.2) is 4.79 Å². The number of anilines is 1. The number of fused-ring (bicyclic) bond motifs is 2. The molecule has 0 saturated carbocycles. The van der Waals surface area contributed by atoms with E-state index in [0.29, 0.717) is 39.0 Å². The lowest BCUT2D eigenvalue weighted by molar-refractivity contribution is -0.161. The van der Waals surface area contributed by atoms with E-state index in [4.69, 9.17) is 4.74 Å². The van der Waals surface area contributed by atoms with Crippen LogP contribution in [-0.2, 0) is 14.3 Å². The van der Waals surface area contributed by atoms with Gasteiger partial charge in [0.15, 0.2) is 0 Å². The molecule has 0 bridgehead atoms. The Morgan fingerprint density at radius 1 is 1.26 bits per heavy atom. The highest BCUT2D eigenvalue weighted by Crippen LogP contribution is 2.32. The Kier molecular flexibility index (Phi) is 6.52. The highest BCUT2D eigenvalue weighted by atomic mass is 32.2. The molecule has 4 atom stereocenters. The van der Waals surface area contributed by atoms with Crippen molar-refractivity contribution in [2.24, 2.45) is 0 Å². The van der Waals surface area contributed by atoms with Gasteiger partial charge in [-0.15, -0.1) is 18.3 Å². The largest absolute Gasteiger partial charge is 0.372 e. The molecule has 3 heterocycles. The Bertz CT molecular complexity index is 879. The molecular weight excluding hydrogens is 416 g/mol. The van der Waals surface area contributed by atoms with E-state index < -0.39 is 12.1 Å². The van der Waals surface area contributed by atoms with Crippen molar-refractivity contribution in [3.8, 4) is 0 Å². The van der Waals surface area contributed by atoms with Gasteiger partial charge in [0, 0.05) is 36.1 Å². The van der Waals surface area contributed by atoms with E-state index in [1.807, 2.05) is 30.5 Å². The quantitative estimate of drug-likeness (QED) is 0.518. The van der Waals surface area contributed by atoms with Crippen molar-refractivity contribution >= 4 is 35.3 Å². The molecule has 3 aliphatic heterocycles. The number of thioether (sulfide) groups is 1. The van der Waals surface area contributed by atoms with Crippen molar-refractivity contribution in [3.63, 3.8) is 0 Å². The van der Waals surface area contributed by atoms with Gasteiger partial charge >= 0.3 is 6.03 Å². The summed E-state index contributed by atoms with van der Waals surface area (Å²) in [7, 11) is 0. The molecule has 2 N–H and O–H groups in total. The fourth-order valence-electron chi connectivity index (χ4n) is 4.63. The first-order chi connectivity index (χ1) is 15.0. The molecule has 8 nitrogen and oxygen atoms in total. The summed E-state index contributed by atoms with van der Waals surface area (Å²) >= 11 is 1.61. The smallest absolute Gasteiger partial charge is 0.319 e. The molecule has 4 rings (SSSR count). The number of carbonyl (C=O) groups is 3. The monoisotopic (exact) mass is 444 g/mol. The Balaban J connectivity index is 1.36. The van der Waals surface area contributed by atoms with Crippen molar-refractivity contribution in [2.75, 3.05) is 31.3 Å². The number of urea groups is 1. The molecule has 0 spiro atoms. The second-order valence-electron chi connectivity index (χ2n) is 8.09. The number of nitrogens with zero attached hydrogens (tertiary/aromatic N) is 2. The zero-order chi connectivity index (χ0) is 22.0. The number of benzene rings is 1. The lowest BCUT2D eigenvalue weighted by atomic mass is 9.92. The molecule has 0 aliphatic carbocycles. The lowest BCUT2D eigenvalue weighted by Gasteiger charge is -2.46. The van der Waals surface area contributed by atoms with E-state index in [2.05, 4.69) is 17.2 Å². The Morgan fingerprint density at radius 3 is 2.81 bits per heavy atom. The van der Waals surface area contributed by atoms with Crippen molar-refractivity contribution in [1.29, 1.82) is 0 Å². The maximum Gasteiger partial charge on any atom is 0.319 e. The van der Waals surface area contributed by atoms with Crippen molar-refractivity contribution in [1.82, 2.24) is 15.1 Å². The van der Waals surface area contributed by atoms with Crippen LogP contribution in [0.25, 0.3) is 0 Å². The first-order valence-corrected chi connectivity index (χ1v) is 11.8. The molecule has 4 unspecified atom stereocenters. The third-order valence-corrected chi connectivity index (χ3v) is 6.84. The topological polar surface area (TPSA) is 91.0 Å². The lowest BCUT2D eigenvalue weighted by Crippen LogP contribution is -2.66. The number of carbonyl (C=O) groups excluding carboxylic acids is 3. The van der Waals surface area contributed by atoms with E-state index in [1.165, 1.54) is 0 Å². The van der Waals surface area contributed by atoms with Crippen LogP contribution in [0, 0.1) is 0 Å². The molecule has 4 amide bonds. The van der Waals surface area contributed by atoms with Gasteiger partial charge in [0.25, 0.3) is 0 Å². The summed E-state index contributed by atoms with van der Waals surface area (Å²) in [5.74, 6) is -0.0556. The maximum atomic E-state index is 13.1. The van der Waals surface area contributed by atoms with Crippen molar-refractivity contribution in [2.45, 2.75) is 48.4 Å². The number of amides is 4. The number of ether oxygens (including phenoxy) is 1. The van der Waals surface area contributed by atoms with E-state index in [-0.39, 0.29) is 30.0 Å². The number of piperidine rings is 1. The summed E-state index contributed by atoms with van der Waals surface area (Å²) in [5.41, 5.74) is 0.719. The van der Waals surface area contributed by atoms with Crippen LogP contribution in [0.3, 0.4) is 0 Å². The first kappa shape index (κ1) is 21.7. The average Bonchev–Trinajstić information content (AvgIpc) is 3.21. The SMILES string of the molecule is C=CCOC1CC2C(=O)N3CCC(NC(=O)Nc4cccc(SC)c4)CC3C(=O)N2C1. The molecule has 3 saturated heterocycles. The second-order valence-corrected chi connectivity index (χ2v) is 8.96. The van der Waals surface area contributed by atoms with Crippen LogP contribution in [0.15, 0.2) is 41.8 Å². The number of piperazine rings is 1. The Morgan fingerprint density at radius 2 is 2.03 bits per heavy atom. The van der Waals surface area contributed by atoms with Gasteiger partial charge in [0.1, 0.15) is 12.1 Å². The third-order valence-electron chi connectivity index (χ3n) is 6.11. The number of rotatable bonds is 6. The maximum absolute atomic E-state index is 13.1. The minimum absolute atomic E-state index is 0.00825. The average molecular weight is 445 g/mol. The summed E-state index contributed by atoms with van der Waals surface area (Å²) in [6, 6.07) is 6.18. The van der Waals surface area contributed by atoms with Gasteiger partial charge in [-0.3, -0.25) is 9.59 Å². The zero-order valence-electron chi connectivity index (χ0n) is 17.6. The Hall–Kier alpha value is -2.52. The molecule has 0 radical (unpaired) electrons. The van der Waals surface area contributed by atoms with Crippen LogP contribution in [0.2, 0.25) is 0 Å². The van der Waals surface area contributed by atoms with Gasteiger partial charge in [0.2, 0.25) is 11.8 Å². The summed E-state index contributed by atoms with van der Waals surface area (Å²) in [6.45, 7) is 4.94. The molecule has 3 aliphatic rings. The molecule has 1 aromatic carbocycles. The normalized spacial score (nSPS) is 27.5. The fraction of sp³-hybridized carbons (Fsp3) is 0.500. The summed E-state index contributed by atoms with van der Waals surface area (Å²) in [4.78, 5) is 43.0.